The number of fused-ring (bicyclic) bond motifs is 3. The highest BCUT2D eigenvalue weighted by molar-refractivity contribution is 7.19. The highest BCUT2D eigenvalue weighted by atomic mass is 28.3. The highest BCUT2D eigenvalue weighted by Crippen LogP contribution is 2.31. The molecule has 0 aliphatic rings. The summed E-state index contributed by atoms with van der Waals surface area (Å²) >= 11 is 0. The lowest BCUT2D eigenvalue weighted by atomic mass is 9.80. The zero-order valence-electron chi connectivity index (χ0n) is 22.4. The van der Waals surface area contributed by atoms with Crippen molar-refractivity contribution < 1.29 is 10.0 Å². The largest absolute Gasteiger partial charge is 0.488 e. The lowest BCUT2D eigenvalue weighted by molar-refractivity contribution is 0.426. The maximum Gasteiger partial charge on any atom is 0.488 e. The van der Waals surface area contributed by atoms with Crippen LogP contribution in [0.15, 0.2) is 158 Å². The molecular weight excluding hydrogens is 517 g/mol. The molecule has 0 aliphatic heterocycles. The Bertz CT molecular complexity index is 1860. The van der Waals surface area contributed by atoms with Crippen molar-refractivity contribution in [1.82, 2.24) is 4.57 Å². The van der Waals surface area contributed by atoms with Gasteiger partial charge in [0.15, 0.2) is 8.07 Å². The zero-order valence-corrected chi connectivity index (χ0v) is 23.4. The summed E-state index contributed by atoms with van der Waals surface area (Å²) in [4.78, 5) is 0. The third-order valence-corrected chi connectivity index (χ3v) is 13.0. The molecule has 5 heteroatoms. The number of benzene rings is 6. The summed E-state index contributed by atoms with van der Waals surface area (Å²) in [5.74, 6) is 0. The van der Waals surface area contributed by atoms with Crippen molar-refractivity contribution in [2.24, 2.45) is 0 Å². The monoisotopic (exact) mass is 545 g/mol. The fourth-order valence-electron chi connectivity index (χ4n) is 6.35. The van der Waals surface area contributed by atoms with E-state index in [1.165, 1.54) is 20.7 Å². The Morgan fingerprint density at radius 1 is 0.439 bits per heavy atom. The molecule has 7 rings (SSSR count). The first-order chi connectivity index (χ1) is 20.2. The molecule has 0 fully saturated rings. The van der Waals surface area contributed by atoms with E-state index in [9.17, 15) is 10.0 Å². The summed E-state index contributed by atoms with van der Waals surface area (Å²) in [5.41, 5.74) is 3.66. The van der Waals surface area contributed by atoms with Crippen LogP contribution in [0.4, 0.5) is 0 Å². The number of aromatic nitrogens is 1. The SMILES string of the molecule is OB(O)c1ccc2c(c1)c1ccccc1n2-c1ccc([Si](c2ccccc2)(c2ccccc2)c2ccccc2)cc1. The van der Waals surface area contributed by atoms with E-state index in [0.717, 1.165) is 27.5 Å². The quantitative estimate of drug-likeness (QED) is 0.247. The number of para-hydroxylation sites is 1. The Labute approximate surface area is 240 Å². The summed E-state index contributed by atoms with van der Waals surface area (Å²) in [5, 5.41) is 27.1. The van der Waals surface area contributed by atoms with Crippen LogP contribution in [0.25, 0.3) is 27.5 Å². The van der Waals surface area contributed by atoms with Crippen molar-refractivity contribution in [2.45, 2.75) is 0 Å². The van der Waals surface area contributed by atoms with Gasteiger partial charge in [0.1, 0.15) is 0 Å². The Hall–Kier alpha value is -4.68. The van der Waals surface area contributed by atoms with Gasteiger partial charge in [-0.3, -0.25) is 0 Å². The van der Waals surface area contributed by atoms with Crippen LogP contribution in [0, 0.1) is 0 Å². The zero-order chi connectivity index (χ0) is 27.8. The summed E-state index contributed by atoms with van der Waals surface area (Å²) in [7, 11) is -4.11. The third kappa shape index (κ3) is 4.14. The molecule has 196 valence electrons. The molecule has 0 atom stereocenters. The molecule has 41 heavy (non-hydrogen) atoms. The third-order valence-electron chi connectivity index (χ3n) is 8.17. The first-order valence-corrected chi connectivity index (χ1v) is 15.8. The smallest absolute Gasteiger partial charge is 0.423 e. The van der Waals surface area contributed by atoms with Crippen molar-refractivity contribution in [2.75, 3.05) is 0 Å². The average molecular weight is 546 g/mol. The van der Waals surface area contributed by atoms with Gasteiger partial charge >= 0.3 is 7.12 Å². The number of hydrogen-bond acceptors (Lipinski definition) is 2. The van der Waals surface area contributed by atoms with E-state index in [0.29, 0.717) is 5.46 Å². The van der Waals surface area contributed by atoms with Gasteiger partial charge in [-0.1, -0.05) is 133 Å². The molecule has 0 aliphatic carbocycles. The van der Waals surface area contributed by atoms with Gasteiger partial charge in [0.2, 0.25) is 0 Å². The van der Waals surface area contributed by atoms with E-state index in [1.807, 2.05) is 24.3 Å². The van der Waals surface area contributed by atoms with Gasteiger partial charge in [-0.05, 0) is 50.5 Å². The van der Waals surface area contributed by atoms with Crippen molar-refractivity contribution in [1.29, 1.82) is 0 Å². The molecule has 0 spiro atoms. The van der Waals surface area contributed by atoms with E-state index >= 15 is 0 Å². The molecule has 6 aromatic carbocycles. The Morgan fingerprint density at radius 2 is 0.902 bits per heavy atom. The Balaban J connectivity index is 1.47. The molecule has 0 bridgehead atoms. The molecular formula is C36H28BNO2Si. The van der Waals surface area contributed by atoms with Crippen molar-refractivity contribution in [3.63, 3.8) is 0 Å². The van der Waals surface area contributed by atoms with Gasteiger partial charge in [0.25, 0.3) is 0 Å². The lowest BCUT2D eigenvalue weighted by Crippen LogP contribution is -2.74. The lowest BCUT2D eigenvalue weighted by Gasteiger charge is -2.34. The summed E-state index contributed by atoms with van der Waals surface area (Å²) in [6.45, 7) is 0. The molecule has 0 radical (unpaired) electrons. The van der Waals surface area contributed by atoms with Crippen LogP contribution in [0.2, 0.25) is 0 Å². The van der Waals surface area contributed by atoms with Crippen LogP contribution >= 0.6 is 0 Å². The van der Waals surface area contributed by atoms with Gasteiger partial charge in [0, 0.05) is 16.5 Å². The van der Waals surface area contributed by atoms with Crippen molar-refractivity contribution >= 4 is 63.2 Å². The van der Waals surface area contributed by atoms with Crippen molar-refractivity contribution in [3.8, 4) is 5.69 Å². The number of nitrogens with zero attached hydrogens (tertiary/aromatic N) is 1. The van der Waals surface area contributed by atoms with E-state index in [-0.39, 0.29) is 0 Å². The van der Waals surface area contributed by atoms with Gasteiger partial charge < -0.3 is 14.6 Å². The first kappa shape index (κ1) is 25.3. The molecule has 0 saturated heterocycles. The second kappa shape index (κ2) is 10.4. The summed E-state index contributed by atoms with van der Waals surface area (Å²) < 4.78 is 2.26. The van der Waals surface area contributed by atoms with E-state index in [1.54, 1.807) is 6.07 Å². The van der Waals surface area contributed by atoms with Crippen LogP contribution in [0.1, 0.15) is 0 Å². The second-order valence-electron chi connectivity index (χ2n) is 10.4. The van der Waals surface area contributed by atoms with Crippen LogP contribution in [-0.4, -0.2) is 29.8 Å². The normalized spacial score (nSPS) is 11.7. The van der Waals surface area contributed by atoms with Crippen LogP contribution in [0.5, 0.6) is 0 Å². The summed E-state index contributed by atoms with van der Waals surface area (Å²) in [6, 6.07) is 55.8. The second-order valence-corrected chi connectivity index (χ2v) is 14.2. The molecule has 0 amide bonds. The predicted octanol–water partition coefficient (Wildman–Crippen LogP) is 3.84. The minimum atomic E-state index is -2.60. The maximum absolute atomic E-state index is 9.82. The average Bonchev–Trinajstić information content (AvgIpc) is 3.37. The molecule has 1 heterocycles. The molecule has 0 saturated carbocycles. The van der Waals surface area contributed by atoms with Crippen LogP contribution in [0.3, 0.4) is 0 Å². The van der Waals surface area contributed by atoms with Gasteiger partial charge in [-0.25, -0.2) is 0 Å². The number of hydrogen-bond donors (Lipinski definition) is 2. The molecule has 1 aromatic heterocycles. The molecule has 7 aromatic rings. The highest BCUT2D eigenvalue weighted by Gasteiger charge is 2.41. The first-order valence-electron chi connectivity index (χ1n) is 13.8. The topological polar surface area (TPSA) is 45.4 Å². The van der Waals surface area contributed by atoms with Crippen LogP contribution < -0.4 is 26.2 Å². The Kier molecular flexibility index (Phi) is 6.40. The molecule has 2 N–H and O–H groups in total. The summed E-state index contributed by atoms with van der Waals surface area (Å²) in [6.07, 6.45) is 0. The Morgan fingerprint density at radius 3 is 1.44 bits per heavy atom. The minimum Gasteiger partial charge on any atom is -0.423 e. The molecule has 0 unspecified atom stereocenters. The van der Waals surface area contributed by atoms with Crippen molar-refractivity contribution in [3.05, 3.63) is 158 Å². The fraction of sp³-hybridized carbons (Fsp3) is 0. The minimum absolute atomic E-state index is 0.486. The maximum atomic E-state index is 9.82. The van der Waals surface area contributed by atoms with E-state index in [4.69, 9.17) is 0 Å². The fourth-order valence-corrected chi connectivity index (χ4v) is 11.1. The standard InChI is InChI=1S/C36H28BNO2Si/c39-37(40)27-20-25-36-34(26-27)33-18-10-11-19-35(33)38(36)28-21-23-32(24-22-28)41(29-12-4-1-5-13-29,30-14-6-2-7-15-30)31-16-8-3-9-17-31/h1-26,39-40H. The van der Waals surface area contributed by atoms with Gasteiger partial charge in [-0.2, -0.15) is 0 Å². The number of rotatable bonds is 6. The van der Waals surface area contributed by atoms with Crippen LogP contribution in [-0.2, 0) is 0 Å². The van der Waals surface area contributed by atoms with E-state index in [2.05, 4.69) is 132 Å². The predicted molar refractivity (Wildman–Crippen MR) is 174 cm³/mol. The van der Waals surface area contributed by atoms with E-state index < -0.39 is 15.2 Å². The molecule has 3 nitrogen and oxygen atoms in total. The van der Waals surface area contributed by atoms with Gasteiger partial charge in [0.05, 0.1) is 11.0 Å². The van der Waals surface area contributed by atoms with Gasteiger partial charge in [-0.15, -0.1) is 0 Å².